The van der Waals surface area contributed by atoms with E-state index in [1.165, 1.54) is 6.07 Å². The van der Waals surface area contributed by atoms with E-state index in [0.29, 0.717) is 12.1 Å². The molecule has 3 rings (SSSR count). The fourth-order valence-electron chi connectivity index (χ4n) is 2.21. The highest BCUT2D eigenvalue weighted by atomic mass is 19.1. The molecule has 3 aromatic rings. The number of fused-ring (bicyclic) bond motifs is 1. The lowest BCUT2D eigenvalue weighted by molar-refractivity contribution is 0.590. The lowest BCUT2D eigenvalue weighted by Gasteiger charge is -2.07. The molecule has 0 radical (unpaired) electrons. The quantitative estimate of drug-likeness (QED) is 0.779. The summed E-state index contributed by atoms with van der Waals surface area (Å²) in [4.78, 5) is 3.97. The Labute approximate surface area is 114 Å². The number of aryl methyl sites for hydroxylation is 1. The van der Waals surface area contributed by atoms with E-state index in [9.17, 15) is 8.78 Å². The maximum Gasteiger partial charge on any atom is 0.201 e. The van der Waals surface area contributed by atoms with Gasteiger partial charge in [-0.25, -0.2) is 13.8 Å². The Hall–Kier alpha value is -2.43. The van der Waals surface area contributed by atoms with Crippen LogP contribution in [0.1, 0.15) is 11.1 Å². The Morgan fingerprint density at radius 3 is 2.55 bits per heavy atom. The van der Waals surface area contributed by atoms with Crippen molar-refractivity contribution in [3.8, 4) is 0 Å². The van der Waals surface area contributed by atoms with Gasteiger partial charge in [0.05, 0.1) is 12.1 Å². The van der Waals surface area contributed by atoms with Crippen LogP contribution in [0.2, 0.25) is 0 Å². The first-order valence-corrected chi connectivity index (χ1v) is 6.21. The molecule has 0 saturated heterocycles. The molecule has 0 fully saturated rings. The molecule has 3 nitrogen and oxygen atoms in total. The predicted octanol–water partition coefficient (Wildman–Crippen LogP) is 3.25. The zero-order valence-corrected chi connectivity index (χ0v) is 10.9. The highest BCUT2D eigenvalue weighted by Crippen LogP contribution is 2.23. The first-order valence-electron chi connectivity index (χ1n) is 6.21. The van der Waals surface area contributed by atoms with Crippen LogP contribution in [0.25, 0.3) is 11.0 Å². The highest BCUT2D eigenvalue weighted by Gasteiger charge is 2.14. The average Bonchev–Trinajstić information content (AvgIpc) is 2.70. The first-order chi connectivity index (χ1) is 9.54. The summed E-state index contributed by atoms with van der Waals surface area (Å²) in [5.74, 6) is -1.17. The molecule has 0 unspecified atom stereocenters. The molecule has 0 atom stereocenters. The van der Waals surface area contributed by atoms with E-state index in [-0.39, 0.29) is 11.5 Å². The van der Waals surface area contributed by atoms with Gasteiger partial charge in [0.1, 0.15) is 11.3 Å². The van der Waals surface area contributed by atoms with Crippen molar-refractivity contribution < 1.29 is 8.78 Å². The lowest BCUT2D eigenvalue weighted by Crippen LogP contribution is -2.04. The number of halogens is 2. The molecule has 0 aliphatic rings. The third-order valence-electron chi connectivity index (χ3n) is 3.26. The van der Waals surface area contributed by atoms with Gasteiger partial charge in [-0.15, -0.1) is 0 Å². The van der Waals surface area contributed by atoms with E-state index in [2.05, 4.69) is 4.98 Å². The van der Waals surface area contributed by atoms with Crippen LogP contribution < -0.4 is 5.73 Å². The van der Waals surface area contributed by atoms with Crippen LogP contribution in [0.5, 0.6) is 0 Å². The van der Waals surface area contributed by atoms with E-state index >= 15 is 0 Å². The summed E-state index contributed by atoms with van der Waals surface area (Å²) in [6.45, 7) is 2.42. The number of hydrogen-bond donors (Lipinski definition) is 1. The number of benzene rings is 2. The molecule has 2 N–H and O–H groups in total. The smallest absolute Gasteiger partial charge is 0.201 e. The molecule has 0 aliphatic carbocycles. The minimum absolute atomic E-state index is 0.0935. The van der Waals surface area contributed by atoms with Gasteiger partial charge in [0.15, 0.2) is 5.82 Å². The van der Waals surface area contributed by atoms with Crippen molar-refractivity contribution in [2.24, 2.45) is 0 Å². The van der Waals surface area contributed by atoms with E-state index < -0.39 is 11.6 Å². The van der Waals surface area contributed by atoms with Gasteiger partial charge in [-0.3, -0.25) is 0 Å². The maximum atomic E-state index is 13.7. The van der Waals surface area contributed by atoms with Gasteiger partial charge in [0.25, 0.3) is 0 Å². The van der Waals surface area contributed by atoms with E-state index in [1.54, 1.807) is 4.57 Å². The van der Waals surface area contributed by atoms with Crippen LogP contribution in [0.15, 0.2) is 36.4 Å². The van der Waals surface area contributed by atoms with Gasteiger partial charge in [-0.05, 0) is 12.5 Å². The summed E-state index contributed by atoms with van der Waals surface area (Å²) in [5.41, 5.74) is 8.41. The van der Waals surface area contributed by atoms with Crippen LogP contribution in [0.3, 0.4) is 0 Å². The Balaban J connectivity index is 2.11. The second-order valence-corrected chi connectivity index (χ2v) is 4.80. The Kier molecular flexibility index (Phi) is 2.89. The van der Waals surface area contributed by atoms with Gasteiger partial charge in [-0.2, -0.15) is 0 Å². The molecule has 2 aromatic carbocycles. The van der Waals surface area contributed by atoms with Crippen LogP contribution in [0, 0.1) is 18.6 Å². The fourth-order valence-corrected chi connectivity index (χ4v) is 2.21. The summed E-state index contributed by atoms with van der Waals surface area (Å²) >= 11 is 0. The summed E-state index contributed by atoms with van der Waals surface area (Å²) in [5, 5.41) is 0. The molecule has 1 heterocycles. The number of aromatic nitrogens is 2. The largest absolute Gasteiger partial charge is 0.369 e. The maximum absolute atomic E-state index is 13.7. The molecule has 0 amide bonds. The summed E-state index contributed by atoms with van der Waals surface area (Å²) < 4.78 is 28.6. The van der Waals surface area contributed by atoms with Gasteiger partial charge >= 0.3 is 0 Å². The summed E-state index contributed by atoms with van der Waals surface area (Å²) in [7, 11) is 0. The third-order valence-corrected chi connectivity index (χ3v) is 3.26. The number of nitrogens with two attached hydrogens (primary N) is 1. The zero-order valence-electron chi connectivity index (χ0n) is 10.9. The van der Waals surface area contributed by atoms with Gasteiger partial charge < -0.3 is 10.3 Å². The number of anilines is 1. The number of hydrogen-bond acceptors (Lipinski definition) is 2. The molecular weight excluding hydrogens is 260 g/mol. The van der Waals surface area contributed by atoms with Crippen molar-refractivity contribution >= 4 is 17.0 Å². The summed E-state index contributed by atoms with van der Waals surface area (Å²) in [6, 6.07) is 9.92. The van der Waals surface area contributed by atoms with Crippen molar-refractivity contribution in [3.05, 3.63) is 59.2 Å². The monoisotopic (exact) mass is 273 g/mol. The highest BCUT2D eigenvalue weighted by molar-refractivity contribution is 5.79. The molecule has 5 heteroatoms. The van der Waals surface area contributed by atoms with Gasteiger partial charge in [-0.1, -0.05) is 29.8 Å². The first kappa shape index (κ1) is 12.6. The van der Waals surface area contributed by atoms with Crippen molar-refractivity contribution in [2.45, 2.75) is 13.5 Å². The molecule has 0 aliphatic heterocycles. The van der Waals surface area contributed by atoms with Gasteiger partial charge in [0, 0.05) is 12.1 Å². The van der Waals surface area contributed by atoms with Crippen LogP contribution in [-0.2, 0) is 6.54 Å². The Morgan fingerprint density at radius 1 is 1.15 bits per heavy atom. The van der Waals surface area contributed by atoms with Crippen LogP contribution in [-0.4, -0.2) is 9.55 Å². The minimum atomic E-state index is -0.700. The molecule has 102 valence electrons. The second-order valence-electron chi connectivity index (χ2n) is 4.80. The van der Waals surface area contributed by atoms with Gasteiger partial charge in [0.2, 0.25) is 5.95 Å². The molecule has 0 spiro atoms. The van der Waals surface area contributed by atoms with Crippen molar-refractivity contribution in [1.82, 2.24) is 9.55 Å². The molecule has 1 aromatic heterocycles. The topological polar surface area (TPSA) is 43.8 Å². The van der Waals surface area contributed by atoms with E-state index in [0.717, 1.165) is 17.2 Å². The van der Waals surface area contributed by atoms with E-state index in [1.807, 2.05) is 31.2 Å². The number of nitrogens with zero attached hydrogens (tertiary/aromatic N) is 2. The minimum Gasteiger partial charge on any atom is -0.369 e. The molecule has 0 saturated carbocycles. The van der Waals surface area contributed by atoms with E-state index in [4.69, 9.17) is 5.73 Å². The normalized spacial score (nSPS) is 11.2. The predicted molar refractivity (Wildman–Crippen MR) is 74.3 cm³/mol. The zero-order chi connectivity index (χ0) is 14.3. The Morgan fingerprint density at radius 2 is 1.85 bits per heavy atom. The number of imidazole rings is 1. The van der Waals surface area contributed by atoms with Crippen molar-refractivity contribution in [3.63, 3.8) is 0 Å². The lowest BCUT2D eigenvalue weighted by atomic mass is 10.1. The molecule has 0 bridgehead atoms. The van der Waals surface area contributed by atoms with Crippen LogP contribution >= 0.6 is 0 Å². The fraction of sp³-hybridized carbons (Fsp3) is 0.133. The molecular formula is C15H13F2N3. The second kappa shape index (κ2) is 4.59. The average molecular weight is 273 g/mol. The third kappa shape index (κ3) is 2.11. The SMILES string of the molecule is Cc1ccc(Cn2c(N)nc3c(F)cc(F)cc32)cc1. The molecule has 20 heavy (non-hydrogen) atoms. The van der Waals surface area contributed by atoms with Crippen LogP contribution in [0.4, 0.5) is 14.7 Å². The van der Waals surface area contributed by atoms with Crippen molar-refractivity contribution in [2.75, 3.05) is 5.73 Å². The standard InChI is InChI=1S/C15H13F2N3/c1-9-2-4-10(5-3-9)8-20-13-7-11(16)6-12(17)14(13)19-15(20)18/h2-7H,8H2,1H3,(H2,18,19). The number of rotatable bonds is 2. The van der Waals surface area contributed by atoms with Crippen molar-refractivity contribution in [1.29, 1.82) is 0 Å². The summed E-state index contributed by atoms with van der Waals surface area (Å²) in [6.07, 6.45) is 0. The Bertz CT molecular complexity index is 776. The number of nitrogen functional groups attached to an aromatic ring is 1.